The standard InChI is InChI=1S/C11H14FNO5S/c1-7-3-4-8(12)10(5-7)19(16,17)13-9(6-18-2)11(14)15/h3-5,9,13H,6H2,1-2H3,(H,14,15). The van der Waals surface area contributed by atoms with Crippen LogP contribution >= 0.6 is 0 Å². The fraction of sp³-hybridized carbons (Fsp3) is 0.364. The van der Waals surface area contributed by atoms with Crippen molar-refractivity contribution in [2.24, 2.45) is 0 Å². The predicted octanol–water partition coefficient (Wildman–Crippen LogP) is 0.512. The van der Waals surface area contributed by atoms with Gasteiger partial charge in [0.1, 0.15) is 16.8 Å². The van der Waals surface area contributed by atoms with Gasteiger partial charge in [-0.3, -0.25) is 4.79 Å². The molecule has 1 unspecified atom stereocenters. The number of aliphatic carboxylic acids is 1. The van der Waals surface area contributed by atoms with Gasteiger partial charge in [0, 0.05) is 7.11 Å². The van der Waals surface area contributed by atoms with Gasteiger partial charge in [-0.1, -0.05) is 6.07 Å². The van der Waals surface area contributed by atoms with Gasteiger partial charge in [0.05, 0.1) is 6.61 Å². The fourth-order valence-electron chi connectivity index (χ4n) is 1.39. The molecule has 1 atom stereocenters. The number of carboxylic acids is 1. The SMILES string of the molecule is COCC(NS(=O)(=O)c1cc(C)ccc1F)C(=O)O. The molecule has 106 valence electrons. The van der Waals surface area contributed by atoms with Crippen molar-refractivity contribution in [2.45, 2.75) is 17.9 Å². The van der Waals surface area contributed by atoms with Gasteiger partial charge in [-0.25, -0.2) is 12.8 Å². The third-order valence-electron chi connectivity index (χ3n) is 2.31. The van der Waals surface area contributed by atoms with E-state index in [1.807, 2.05) is 4.72 Å². The zero-order valence-corrected chi connectivity index (χ0v) is 11.2. The monoisotopic (exact) mass is 291 g/mol. The van der Waals surface area contributed by atoms with Crippen LogP contribution < -0.4 is 4.72 Å². The van der Waals surface area contributed by atoms with Crippen LogP contribution in [0.2, 0.25) is 0 Å². The van der Waals surface area contributed by atoms with Crippen molar-refractivity contribution in [1.29, 1.82) is 0 Å². The third kappa shape index (κ3) is 3.98. The number of ether oxygens (including phenoxy) is 1. The highest BCUT2D eigenvalue weighted by Gasteiger charge is 2.27. The summed E-state index contributed by atoms with van der Waals surface area (Å²) in [5.41, 5.74) is 0.542. The normalized spacial score (nSPS) is 13.2. The number of methoxy groups -OCH3 is 1. The Morgan fingerprint density at radius 3 is 2.68 bits per heavy atom. The Bertz CT molecular complexity index is 572. The second-order valence-corrected chi connectivity index (χ2v) is 5.58. The van der Waals surface area contributed by atoms with E-state index in [1.165, 1.54) is 13.2 Å². The smallest absolute Gasteiger partial charge is 0.324 e. The highest BCUT2D eigenvalue weighted by Crippen LogP contribution is 2.16. The molecule has 0 aromatic heterocycles. The zero-order chi connectivity index (χ0) is 14.6. The Hall–Kier alpha value is -1.51. The summed E-state index contributed by atoms with van der Waals surface area (Å²) >= 11 is 0. The highest BCUT2D eigenvalue weighted by molar-refractivity contribution is 7.89. The minimum absolute atomic E-state index is 0.359. The molecule has 0 aliphatic rings. The molecule has 0 bridgehead atoms. The van der Waals surface area contributed by atoms with Gasteiger partial charge < -0.3 is 9.84 Å². The number of aryl methyl sites for hydroxylation is 1. The number of carbonyl (C=O) groups is 1. The molecular formula is C11H14FNO5S. The summed E-state index contributed by atoms with van der Waals surface area (Å²) in [6.07, 6.45) is 0. The lowest BCUT2D eigenvalue weighted by molar-refractivity contribution is -0.140. The van der Waals surface area contributed by atoms with Gasteiger partial charge in [-0.15, -0.1) is 0 Å². The molecule has 0 amide bonds. The van der Waals surface area contributed by atoms with E-state index in [4.69, 9.17) is 5.11 Å². The maximum atomic E-state index is 13.5. The molecular weight excluding hydrogens is 277 g/mol. The van der Waals surface area contributed by atoms with Gasteiger partial charge in [0.15, 0.2) is 0 Å². The van der Waals surface area contributed by atoms with Crippen molar-refractivity contribution < 1.29 is 27.4 Å². The second kappa shape index (κ2) is 6.09. The molecule has 8 heteroatoms. The van der Waals surface area contributed by atoms with E-state index in [-0.39, 0.29) is 6.61 Å². The van der Waals surface area contributed by atoms with E-state index >= 15 is 0 Å². The topological polar surface area (TPSA) is 92.7 Å². The summed E-state index contributed by atoms with van der Waals surface area (Å²) in [6.45, 7) is 1.24. The van der Waals surface area contributed by atoms with Crippen LogP contribution in [0.1, 0.15) is 5.56 Å². The molecule has 0 spiro atoms. The number of nitrogens with one attached hydrogen (secondary N) is 1. The summed E-state index contributed by atoms with van der Waals surface area (Å²) in [6, 6.07) is 2.08. The number of rotatable bonds is 6. The summed E-state index contributed by atoms with van der Waals surface area (Å²) < 4.78 is 43.8. The van der Waals surface area contributed by atoms with Crippen molar-refractivity contribution in [3.05, 3.63) is 29.6 Å². The van der Waals surface area contributed by atoms with Gasteiger partial charge in [0.2, 0.25) is 10.0 Å². The largest absolute Gasteiger partial charge is 0.480 e. The quantitative estimate of drug-likeness (QED) is 0.796. The molecule has 6 nitrogen and oxygen atoms in total. The average Bonchev–Trinajstić information content (AvgIpc) is 2.31. The van der Waals surface area contributed by atoms with Gasteiger partial charge in [-0.05, 0) is 24.6 Å². The highest BCUT2D eigenvalue weighted by atomic mass is 32.2. The maximum Gasteiger partial charge on any atom is 0.324 e. The Labute approximate surface area is 110 Å². The predicted molar refractivity (Wildman–Crippen MR) is 64.8 cm³/mol. The number of halogens is 1. The van der Waals surface area contributed by atoms with E-state index in [0.29, 0.717) is 5.56 Å². The Kier molecular flexibility index (Phi) is 4.98. The van der Waals surface area contributed by atoms with Crippen LogP contribution in [-0.4, -0.2) is 39.3 Å². The first kappa shape index (κ1) is 15.5. The maximum absolute atomic E-state index is 13.5. The lowest BCUT2D eigenvalue weighted by atomic mass is 10.2. The van der Waals surface area contributed by atoms with Crippen molar-refractivity contribution in [2.75, 3.05) is 13.7 Å². The van der Waals surface area contributed by atoms with Crippen LogP contribution in [0.3, 0.4) is 0 Å². The molecule has 0 saturated heterocycles. The van der Waals surface area contributed by atoms with E-state index in [0.717, 1.165) is 12.1 Å². The Morgan fingerprint density at radius 1 is 1.53 bits per heavy atom. The fourth-order valence-corrected chi connectivity index (χ4v) is 2.73. The molecule has 2 N–H and O–H groups in total. The molecule has 19 heavy (non-hydrogen) atoms. The number of hydrogen-bond donors (Lipinski definition) is 2. The molecule has 1 rings (SSSR count). The van der Waals surface area contributed by atoms with Crippen LogP contribution in [0.25, 0.3) is 0 Å². The number of carboxylic acid groups (broad SMARTS) is 1. The van der Waals surface area contributed by atoms with Gasteiger partial charge in [0.25, 0.3) is 0 Å². The third-order valence-corrected chi connectivity index (χ3v) is 3.79. The first-order chi connectivity index (χ1) is 8.77. The van der Waals surface area contributed by atoms with E-state index < -0.39 is 32.7 Å². The summed E-state index contributed by atoms with van der Waals surface area (Å²) in [4.78, 5) is 10.3. The van der Waals surface area contributed by atoms with E-state index in [9.17, 15) is 17.6 Å². The first-order valence-electron chi connectivity index (χ1n) is 5.28. The molecule has 1 aromatic carbocycles. The summed E-state index contributed by atoms with van der Waals surface area (Å²) in [5.74, 6) is -2.35. The van der Waals surface area contributed by atoms with E-state index in [2.05, 4.69) is 4.74 Å². The summed E-state index contributed by atoms with van der Waals surface area (Å²) in [7, 11) is -3.03. The molecule has 1 aromatic rings. The molecule has 0 aliphatic carbocycles. The molecule has 0 fully saturated rings. The number of benzene rings is 1. The van der Waals surface area contributed by atoms with Crippen LogP contribution in [0.4, 0.5) is 4.39 Å². The minimum atomic E-state index is -4.27. The van der Waals surface area contributed by atoms with Gasteiger partial charge >= 0.3 is 5.97 Å². The minimum Gasteiger partial charge on any atom is -0.480 e. The first-order valence-corrected chi connectivity index (χ1v) is 6.76. The number of hydrogen-bond acceptors (Lipinski definition) is 4. The van der Waals surface area contributed by atoms with Crippen LogP contribution in [0.15, 0.2) is 23.1 Å². The molecule has 0 heterocycles. The van der Waals surface area contributed by atoms with E-state index in [1.54, 1.807) is 6.92 Å². The lowest BCUT2D eigenvalue weighted by Crippen LogP contribution is -2.43. The van der Waals surface area contributed by atoms with Crippen molar-refractivity contribution in [3.63, 3.8) is 0 Å². The molecule has 0 aliphatic heterocycles. The van der Waals surface area contributed by atoms with Crippen molar-refractivity contribution in [1.82, 2.24) is 4.72 Å². The number of sulfonamides is 1. The molecule has 0 saturated carbocycles. The van der Waals surface area contributed by atoms with Crippen molar-refractivity contribution >= 4 is 16.0 Å². The lowest BCUT2D eigenvalue weighted by Gasteiger charge is -2.14. The zero-order valence-electron chi connectivity index (χ0n) is 10.4. The second-order valence-electron chi connectivity index (χ2n) is 3.90. The molecule has 0 radical (unpaired) electrons. The van der Waals surface area contributed by atoms with Gasteiger partial charge in [-0.2, -0.15) is 4.72 Å². The van der Waals surface area contributed by atoms with Crippen LogP contribution in [-0.2, 0) is 19.6 Å². The van der Waals surface area contributed by atoms with Crippen LogP contribution in [0.5, 0.6) is 0 Å². The Balaban J connectivity index is 3.10. The van der Waals surface area contributed by atoms with Crippen LogP contribution in [0, 0.1) is 12.7 Å². The average molecular weight is 291 g/mol. The Morgan fingerprint density at radius 2 is 2.16 bits per heavy atom. The summed E-state index contributed by atoms with van der Waals surface area (Å²) in [5, 5.41) is 8.84. The van der Waals surface area contributed by atoms with Crippen molar-refractivity contribution in [3.8, 4) is 0 Å².